The first-order valence-electron chi connectivity index (χ1n) is 12.8. The van der Waals surface area contributed by atoms with E-state index in [-0.39, 0.29) is 17.5 Å². The number of fused-ring (bicyclic) bond motifs is 1. The molecule has 1 amide bonds. The van der Waals surface area contributed by atoms with Gasteiger partial charge < -0.3 is 15.1 Å². The zero-order valence-corrected chi connectivity index (χ0v) is 22.1. The van der Waals surface area contributed by atoms with Crippen molar-refractivity contribution in [3.8, 4) is 5.69 Å². The number of carbonyl (C=O) groups excluding carboxylic acids is 1. The number of benzene rings is 2. The molecule has 0 spiro atoms. The molecular formula is C28H30ClF3N5O-. The van der Waals surface area contributed by atoms with Crippen LogP contribution in [-0.2, 0) is 6.18 Å². The minimum atomic E-state index is -4.71. The van der Waals surface area contributed by atoms with Gasteiger partial charge in [-0.1, -0.05) is 53.9 Å². The Bertz CT molecular complexity index is 1290. The summed E-state index contributed by atoms with van der Waals surface area (Å²) < 4.78 is 43.1. The number of alkyl halides is 3. The molecule has 38 heavy (non-hydrogen) atoms. The number of aryl methyl sites for hydroxylation is 2. The fourth-order valence-corrected chi connectivity index (χ4v) is 5.63. The highest BCUT2D eigenvalue weighted by atomic mass is 35.5. The summed E-state index contributed by atoms with van der Waals surface area (Å²) in [7, 11) is 0. The van der Waals surface area contributed by atoms with E-state index in [9.17, 15) is 18.0 Å². The highest BCUT2D eigenvalue weighted by Gasteiger charge is 2.45. The number of halogens is 4. The van der Waals surface area contributed by atoms with Crippen LogP contribution >= 0.6 is 11.6 Å². The van der Waals surface area contributed by atoms with Gasteiger partial charge in [0.1, 0.15) is 0 Å². The van der Waals surface area contributed by atoms with Gasteiger partial charge in [0.15, 0.2) is 5.69 Å². The summed E-state index contributed by atoms with van der Waals surface area (Å²) >= 11 is 6.17. The number of aromatic nitrogens is 2. The van der Waals surface area contributed by atoms with Crippen LogP contribution < -0.4 is 0 Å². The predicted octanol–water partition coefficient (Wildman–Crippen LogP) is 6.26. The Labute approximate surface area is 225 Å². The van der Waals surface area contributed by atoms with Crippen LogP contribution in [0.25, 0.3) is 11.0 Å². The van der Waals surface area contributed by atoms with Gasteiger partial charge in [-0.25, -0.2) is 4.68 Å². The third-order valence-electron chi connectivity index (χ3n) is 7.48. The van der Waals surface area contributed by atoms with Crippen LogP contribution in [0.4, 0.5) is 18.9 Å². The van der Waals surface area contributed by atoms with Gasteiger partial charge in [0.05, 0.1) is 17.4 Å². The number of hydrogen-bond acceptors (Lipinski definition) is 3. The molecule has 3 heterocycles. The standard InChI is InChI=1S/C28H30ClF3N5O/c1-18-4-8-23(9-5-18)37-26(28(30,31)32)24(13-34-37)27(38)36-16-20-14-35(15-21(20)17-36)11-3-10-33-22-7-6-19(2)25(29)12-22/h4-9,12-13,20-21H,3,10-11,14-17H2,1-2H3/q-1. The third kappa shape index (κ3) is 5.54. The Balaban J connectivity index is 1.17. The van der Waals surface area contributed by atoms with E-state index in [1.54, 1.807) is 29.2 Å². The number of likely N-dealkylation sites (tertiary alicyclic amines) is 2. The van der Waals surface area contributed by atoms with Crippen molar-refractivity contribution >= 4 is 23.2 Å². The molecular weight excluding hydrogens is 515 g/mol. The topological polar surface area (TPSA) is 55.5 Å². The van der Waals surface area contributed by atoms with Crippen molar-refractivity contribution in [3.63, 3.8) is 0 Å². The first-order valence-corrected chi connectivity index (χ1v) is 13.2. The number of nitrogens with zero attached hydrogens (tertiary/aromatic N) is 5. The van der Waals surface area contributed by atoms with E-state index in [1.165, 1.54) is 0 Å². The SMILES string of the molecule is Cc1ccc(-n2ncc(C(=O)N3CC4CN(CCC[N-]c5ccc(C)c(Cl)c5)CC4C3)c2C(F)(F)F)cc1. The lowest BCUT2D eigenvalue weighted by molar-refractivity contribution is -0.143. The van der Waals surface area contributed by atoms with Gasteiger partial charge in [-0.15, -0.1) is 12.2 Å². The van der Waals surface area contributed by atoms with Crippen molar-refractivity contribution in [2.45, 2.75) is 26.4 Å². The van der Waals surface area contributed by atoms with E-state index in [0.717, 1.165) is 53.7 Å². The number of carbonyl (C=O) groups is 1. The molecule has 0 N–H and O–H groups in total. The summed E-state index contributed by atoms with van der Waals surface area (Å²) in [4.78, 5) is 17.2. The Kier molecular flexibility index (Phi) is 7.42. The lowest BCUT2D eigenvalue weighted by atomic mass is 10.0. The monoisotopic (exact) mass is 544 g/mol. The quantitative estimate of drug-likeness (QED) is 0.330. The fourth-order valence-electron chi connectivity index (χ4n) is 5.45. The maximum Gasteiger partial charge on any atom is 0.434 e. The second-order valence-electron chi connectivity index (χ2n) is 10.3. The maximum absolute atomic E-state index is 14.1. The van der Waals surface area contributed by atoms with Gasteiger partial charge >= 0.3 is 6.18 Å². The molecule has 2 aliphatic rings. The fraction of sp³-hybridized carbons (Fsp3) is 0.429. The molecule has 5 rings (SSSR count). The summed E-state index contributed by atoms with van der Waals surface area (Å²) in [6.45, 7) is 7.98. The minimum absolute atomic E-state index is 0.258. The normalized spacial score (nSPS) is 19.7. The van der Waals surface area contributed by atoms with Gasteiger partial charge in [0.2, 0.25) is 0 Å². The molecule has 0 bridgehead atoms. The molecule has 2 aliphatic heterocycles. The smallest absolute Gasteiger partial charge is 0.434 e. The molecule has 2 saturated heterocycles. The Hall–Kier alpha value is -3.04. The van der Waals surface area contributed by atoms with Gasteiger partial charge in [-0.3, -0.25) is 4.79 Å². The average Bonchev–Trinajstić information content (AvgIpc) is 3.57. The van der Waals surface area contributed by atoms with E-state index < -0.39 is 23.3 Å². The first kappa shape index (κ1) is 26.6. The Morgan fingerprint density at radius 1 is 1.05 bits per heavy atom. The van der Waals surface area contributed by atoms with Gasteiger partial charge in [0.25, 0.3) is 5.91 Å². The van der Waals surface area contributed by atoms with E-state index in [4.69, 9.17) is 11.6 Å². The molecule has 0 aliphatic carbocycles. The third-order valence-corrected chi connectivity index (χ3v) is 7.89. The molecule has 10 heteroatoms. The second kappa shape index (κ2) is 10.6. The minimum Gasteiger partial charge on any atom is -0.684 e. The van der Waals surface area contributed by atoms with E-state index in [1.807, 2.05) is 32.0 Å². The lowest BCUT2D eigenvalue weighted by Crippen LogP contribution is -2.34. The Morgan fingerprint density at radius 3 is 2.37 bits per heavy atom. The molecule has 2 fully saturated rings. The summed E-state index contributed by atoms with van der Waals surface area (Å²) in [5.41, 5.74) is 1.67. The van der Waals surface area contributed by atoms with Crippen LogP contribution in [-0.4, -0.2) is 64.8 Å². The molecule has 0 radical (unpaired) electrons. The summed E-state index contributed by atoms with van der Waals surface area (Å²) in [6.07, 6.45) is -2.76. The summed E-state index contributed by atoms with van der Waals surface area (Å²) in [5, 5.41) is 9.27. The highest BCUT2D eigenvalue weighted by molar-refractivity contribution is 6.31. The van der Waals surface area contributed by atoms with Gasteiger partial charge in [0, 0.05) is 31.2 Å². The van der Waals surface area contributed by atoms with Crippen molar-refractivity contribution < 1.29 is 18.0 Å². The summed E-state index contributed by atoms with van der Waals surface area (Å²) in [5.74, 6) is -0.0891. The van der Waals surface area contributed by atoms with Crippen molar-refractivity contribution in [3.05, 3.63) is 81.4 Å². The molecule has 2 aromatic carbocycles. The Morgan fingerprint density at radius 2 is 1.74 bits per heavy atom. The molecule has 6 nitrogen and oxygen atoms in total. The molecule has 0 saturated carbocycles. The molecule has 2 atom stereocenters. The van der Waals surface area contributed by atoms with Crippen LogP contribution in [0.15, 0.2) is 48.7 Å². The van der Waals surface area contributed by atoms with Gasteiger partial charge in [-0.2, -0.15) is 18.3 Å². The molecule has 3 aromatic rings. The van der Waals surface area contributed by atoms with Crippen LogP contribution in [0.1, 0.15) is 33.6 Å². The predicted molar refractivity (Wildman–Crippen MR) is 141 cm³/mol. The average molecular weight is 545 g/mol. The molecule has 202 valence electrons. The van der Waals surface area contributed by atoms with Crippen molar-refractivity contribution in [2.24, 2.45) is 11.8 Å². The molecule has 1 aromatic heterocycles. The molecule has 2 unspecified atom stereocenters. The number of amides is 1. The zero-order valence-electron chi connectivity index (χ0n) is 21.4. The van der Waals surface area contributed by atoms with E-state index in [0.29, 0.717) is 24.7 Å². The lowest BCUT2D eigenvalue weighted by Gasteiger charge is -2.25. The first-order chi connectivity index (χ1) is 18.1. The number of rotatable bonds is 7. The van der Waals surface area contributed by atoms with Crippen LogP contribution in [0.3, 0.4) is 0 Å². The maximum atomic E-state index is 14.1. The highest BCUT2D eigenvalue weighted by Crippen LogP contribution is 2.37. The van der Waals surface area contributed by atoms with Crippen LogP contribution in [0, 0.1) is 25.7 Å². The van der Waals surface area contributed by atoms with Gasteiger partial charge in [-0.05, 0) is 49.9 Å². The summed E-state index contributed by atoms with van der Waals surface area (Å²) in [6, 6.07) is 12.4. The van der Waals surface area contributed by atoms with Crippen LogP contribution in [0.2, 0.25) is 5.02 Å². The zero-order chi connectivity index (χ0) is 27.0. The number of hydrogen-bond donors (Lipinski definition) is 0. The van der Waals surface area contributed by atoms with Crippen molar-refractivity contribution in [1.82, 2.24) is 19.6 Å². The van der Waals surface area contributed by atoms with E-state index >= 15 is 0 Å². The van der Waals surface area contributed by atoms with Crippen molar-refractivity contribution in [2.75, 3.05) is 39.3 Å². The van der Waals surface area contributed by atoms with E-state index in [2.05, 4.69) is 15.3 Å². The van der Waals surface area contributed by atoms with Crippen LogP contribution in [0.5, 0.6) is 0 Å². The van der Waals surface area contributed by atoms with Crippen molar-refractivity contribution in [1.29, 1.82) is 0 Å². The second-order valence-corrected chi connectivity index (χ2v) is 10.7. The largest absolute Gasteiger partial charge is 0.684 e.